The number of nitrogens with zero attached hydrogens (tertiary/aromatic N) is 6. The molecule has 8 nitrogen and oxygen atoms in total. The Kier molecular flexibility index (Phi) is 13.8. The van der Waals surface area contributed by atoms with Gasteiger partial charge in [-0.15, -0.1) is 0 Å². The fourth-order valence-corrected chi connectivity index (χ4v) is 11.7. The summed E-state index contributed by atoms with van der Waals surface area (Å²) >= 11 is 3.85. The lowest BCUT2D eigenvalue weighted by Crippen LogP contribution is -2.41. The molecule has 10 aromatic carbocycles. The summed E-state index contributed by atoms with van der Waals surface area (Å²) in [5.74, 6) is 0. The zero-order chi connectivity index (χ0) is 55.5. The Bertz CT molecular complexity index is 4740. The van der Waals surface area contributed by atoms with Crippen LogP contribution in [-0.2, 0) is 9.31 Å². The monoisotopic (exact) mass is 1130 g/mol. The molecule has 1 aliphatic rings. The minimum absolute atomic E-state index is 0. The molecule has 1 fully saturated rings. The summed E-state index contributed by atoms with van der Waals surface area (Å²) in [5.41, 5.74) is 16.2. The van der Waals surface area contributed by atoms with E-state index in [0.717, 1.165) is 143 Å². The van der Waals surface area contributed by atoms with E-state index in [9.17, 15) is 0 Å². The summed E-state index contributed by atoms with van der Waals surface area (Å²) in [6, 6.07) is 82.7. The molecule has 3 radical (unpaired) electrons. The van der Waals surface area contributed by atoms with E-state index in [2.05, 4.69) is 165 Å². The Morgan fingerprint density at radius 1 is 0.313 bits per heavy atom. The number of hydrogen-bond acceptors (Lipinski definition) is 8. The van der Waals surface area contributed by atoms with Crippen LogP contribution in [0.5, 0.6) is 0 Å². The fraction of sp³-hybridized carbons (Fsp3) is 0.0833. The minimum Gasteiger partial charge on any atom is -0.399 e. The Labute approximate surface area is 492 Å². The van der Waals surface area contributed by atoms with Gasteiger partial charge in [0.15, 0.2) is 0 Å². The standard InChI is InChI=1S/C39H32BN3O2.C33H20BrN3.B/c1-38(2)39(3,4)45-40(44-38)30-24-29-32(28-22-14-15-23-31(28)41-33(29)25-16-8-5-9-17-25)37-36(30)42-34(26-18-10-6-11-19-26)35(43-37)27-20-12-7-13-21-27;34-26-20-25-28(24-18-10-11-19-27(24)35-29(25)21-12-4-1-5-13-21)33-32(26)36-30(22-14-6-2-7-15-22)31(37-33)23-16-8-3-9-17-23;/h5-24H,1-4H3;1-20H;. The molecule has 1 aliphatic heterocycles. The van der Waals surface area contributed by atoms with Gasteiger partial charge in [0.05, 0.1) is 72.9 Å². The fourth-order valence-electron chi connectivity index (χ4n) is 11.2. The summed E-state index contributed by atoms with van der Waals surface area (Å²) in [4.78, 5) is 32.0. The molecule has 4 aromatic heterocycles. The molecule has 15 rings (SSSR count). The predicted molar refractivity (Wildman–Crippen MR) is 346 cm³/mol. The van der Waals surface area contributed by atoms with E-state index in [1.54, 1.807) is 0 Å². The zero-order valence-electron chi connectivity index (χ0n) is 46.1. The number of hydrogen-bond donors (Lipinski definition) is 0. The number of fused-ring (bicyclic) bond motifs is 10. The van der Waals surface area contributed by atoms with Crippen molar-refractivity contribution < 1.29 is 9.31 Å². The summed E-state index contributed by atoms with van der Waals surface area (Å²) < 4.78 is 14.3. The Hall–Kier alpha value is -9.25. The highest BCUT2D eigenvalue weighted by atomic mass is 79.9. The van der Waals surface area contributed by atoms with Gasteiger partial charge in [0, 0.05) is 84.0 Å². The molecule has 0 spiro atoms. The number of aromatic nitrogens is 6. The lowest BCUT2D eigenvalue weighted by molar-refractivity contribution is 0.00578. The lowest BCUT2D eigenvalue weighted by Gasteiger charge is -2.32. The number of para-hydroxylation sites is 2. The van der Waals surface area contributed by atoms with Gasteiger partial charge in [0.1, 0.15) is 5.52 Å². The minimum atomic E-state index is -0.641. The van der Waals surface area contributed by atoms with Gasteiger partial charge >= 0.3 is 7.12 Å². The highest BCUT2D eigenvalue weighted by Crippen LogP contribution is 2.44. The van der Waals surface area contributed by atoms with Crippen molar-refractivity contribution in [2.24, 2.45) is 0 Å². The van der Waals surface area contributed by atoms with Crippen LogP contribution in [0.2, 0.25) is 0 Å². The highest BCUT2D eigenvalue weighted by Gasteiger charge is 2.52. The third-order valence-corrected chi connectivity index (χ3v) is 16.6. The maximum Gasteiger partial charge on any atom is 0.497 e. The van der Waals surface area contributed by atoms with Crippen molar-refractivity contribution in [1.29, 1.82) is 0 Å². The number of rotatable bonds is 7. The van der Waals surface area contributed by atoms with Crippen molar-refractivity contribution in [3.63, 3.8) is 0 Å². The quantitative estimate of drug-likeness (QED) is 0.115. The van der Waals surface area contributed by atoms with Crippen LogP contribution >= 0.6 is 15.9 Å². The lowest BCUT2D eigenvalue weighted by atomic mass is 9.76. The largest absolute Gasteiger partial charge is 0.497 e. The molecule has 0 unspecified atom stereocenters. The van der Waals surface area contributed by atoms with Crippen LogP contribution in [0.4, 0.5) is 0 Å². The van der Waals surface area contributed by atoms with E-state index in [1.165, 1.54) is 0 Å². The second kappa shape index (κ2) is 21.6. The number of halogens is 1. The van der Waals surface area contributed by atoms with Gasteiger partial charge in [-0.2, -0.15) is 0 Å². The van der Waals surface area contributed by atoms with E-state index < -0.39 is 18.3 Å². The number of pyridine rings is 2. The van der Waals surface area contributed by atoms with Crippen LogP contribution < -0.4 is 5.46 Å². The van der Waals surface area contributed by atoms with Crippen molar-refractivity contribution in [1.82, 2.24) is 29.9 Å². The van der Waals surface area contributed by atoms with Crippen molar-refractivity contribution in [2.75, 3.05) is 0 Å². The van der Waals surface area contributed by atoms with E-state index in [4.69, 9.17) is 39.2 Å². The Morgan fingerprint density at radius 2 is 0.602 bits per heavy atom. The maximum atomic E-state index is 6.69. The first-order valence-corrected chi connectivity index (χ1v) is 28.4. The van der Waals surface area contributed by atoms with Gasteiger partial charge in [-0.1, -0.05) is 224 Å². The smallest absolute Gasteiger partial charge is 0.399 e. The molecule has 0 amide bonds. The van der Waals surface area contributed by atoms with E-state index in [-0.39, 0.29) is 8.41 Å². The number of benzene rings is 10. The average molecular weight is 1130 g/mol. The Morgan fingerprint density at radius 3 is 0.976 bits per heavy atom. The molecule has 0 saturated carbocycles. The molecular weight excluding hydrogens is 1080 g/mol. The molecule has 0 N–H and O–H groups in total. The normalized spacial score (nSPS) is 13.6. The van der Waals surface area contributed by atoms with Gasteiger partial charge in [-0.05, 0) is 61.8 Å². The van der Waals surface area contributed by atoms with E-state index in [1.807, 2.05) is 121 Å². The third kappa shape index (κ3) is 9.50. The molecule has 0 bridgehead atoms. The molecule has 14 aromatic rings. The zero-order valence-corrected chi connectivity index (χ0v) is 47.7. The van der Waals surface area contributed by atoms with E-state index >= 15 is 0 Å². The molecule has 395 valence electrons. The second-order valence-corrected chi connectivity index (χ2v) is 22.5. The molecule has 83 heavy (non-hydrogen) atoms. The third-order valence-electron chi connectivity index (χ3n) is 16.0. The van der Waals surface area contributed by atoms with Gasteiger partial charge in [-0.25, -0.2) is 29.9 Å². The van der Waals surface area contributed by atoms with Crippen LogP contribution in [0.3, 0.4) is 0 Å². The first kappa shape index (κ1) is 53.1. The first-order valence-electron chi connectivity index (χ1n) is 27.6. The molecule has 11 heteroatoms. The molecule has 0 atom stereocenters. The predicted octanol–water partition coefficient (Wildman–Crippen LogP) is 17.3. The summed E-state index contributed by atoms with van der Waals surface area (Å²) in [6.45, 7) is 8.31. The summed E-state index contributed by atoms with van der Waals surface area (Å²) in [5, 5.41) is 6.20. The maximum absolute atomic E-state index is 6.69. The van der Waals surface area contributed by atoms with Gasteiger partial charge in [0.25, 0.3) is 0 Å². The topological polar surface area (TPSA) is 95.8 Å². The van der Waals surface area contributed by atoms with Crippen LogP contribution in [0.1, 0.15) is 27.7 Å². The second-order valence-electron chi connectivity index (χ2n) is 21.6. The van der Waals surface area contributed by atoms with Crippen molar-refractivity contribution >= 4 is 102 Å². The Balaban J connectivity index is 0.000000156. The average Bonchev–Trinajstić information content (AvgIpc) is 1.91. The van der Waals surface area contributed by atoms with Crippen LogP contribution in [0.25, 0.3) is 133 Å². The van der Waals surface area contributed by atoms with Gasteiger partial charge < -0.3 is 9.31 Å². The van der Waals surface area contributed by atoms with Gasteiger partial charge in [-0.3, -0.25) is 0 Å². The van der Waals surface area contributed by atoms with Crippen LogP contribution in [0, 0.1) is 0 Å². The van der Waals surface area contributed by atoms with Gasteiger partial charge in [0.2, 0.25) is 0 Å². The van der Waals surface area contributed by atoms with E-state index in [0.29, 0.717) is 0 Å². The molecule has 5 heterocycles. The van der Waals surface area contributed by atoms with Crippen molar-refractivity contribution in [2.45, 2.75) is 38.9 Å². The first-order chi connectivity index (χ1) is 40.1. The highest BCUT2D eigenvalue weighted by molar-refractivity contribution is 9.10. The molecule has 1 saturated heterocycles. The summed E-state index contributed by atoms with van der Waals surface area (Å²) in [7, 11) is -0.641. The molecule has 0 aliphatic carbocycles. The van der Waals surface area contributed by atoms with Crippen molar-refractivity contribution in [3.8, 4) is 67.5 Å². The SMILES string of the molecule is Brc1cc2c(-c3ccccc3)nc3ccccc3c2c2nc(-c3ccccc3)c(-c3ccccc3)nc12.CC1(C)OB(c2cc3c(-c4ccccc4)nc4ccccc4c3c3nc(-c4ccccc4)c(-c4ccccc4)nc23)OC1(C)C.[B]. The summed E-state index contributed by atoms with van der Waals surface area (Å²) in [6.07, 6.45) is 0. The van der Waals surface area contributed by atoms with Crippen molar-refractivity contribution in [3.05, 3.63) is 247 Å². The van der Waals surface area contributed by atoms with Crippen LogP contribution in [0.15, 0.2) is 247 Å². The van der Waals surface area contributed by atoms with Crippen LogP contribution in [-0.4, -0.2) is 56.6 Å². The molecular formula is C72H52B2BrN6O2.